The molecule has 0 saturated heterocycles. The molecule has 1 aliphatic rings. The van der Waals surface area contributed by atoms with Crippen LogP contribution in [0.25, 0.3) is 0 Å². The van der Waals surface area contributed by atoms with Crippen molar-refractivity contribution in [2.75, 3.05) is 10.8 Å². The molecule has 6 nitrogen and oxygen atoms in total. The summed E-state index contributed by atoms with van der Waals surface area (Å²) in [5.41, 5.74) is 2.48. The second-order valence-electron chi connectivity index (χ2n) is 5.60. The van der Waals surface area contributed by atoms with E-state index in [4.69, 9.17) is 4.52 Å². The van der Waals surface area contributed by atoms with Crippen molar-refractivity contribution in [3.63, 3.8) is 0 Å². The van der Waals surface area contributed by atoms with Crippen LogP contribution in [0.5, 0.6) is 0 Å². The average molecular weight is 322 g/mol. The van der Waals surface area contributed by atoms with Gasteiger partial charge in [-0.2, -0.15) is 0 Å². The smallest absolute Gasteiger partial charge is 0.269 e. The summed E-state index contributed by atoms with van der Waals surface area (Å²) in [6.07, 6.45) is -0.287. The third-order valence-electron chi connectivity index (χ3n) is 3.93. The fourth-order valence-corrected chi connectivity index (χ4v) is 4.69. The predicted molar refractivity (Wildman–Crippen MR) is 81.3 cm³/mol. The molecule has 22 heavy (non-hydrogen) atoms. The van der Waals surface area contributed by atoms with Crippen LogP contribution in [0.15, 0.2) is 27.6 Å². The summed E-state index contributed by atoms with van der Waals surface area (Å²) in [5.74, 6) is 0.275. The summed E-state index contributed by atoms with van der Waals surface area (Å²) in [5, 5.41) is 13.9. The van der Waals surface area contributed by atoms with Gasteiger partial charge in [0.15, 0.2) is 10.7 Å². The second-order valence-corrected chi connectivity index (χ2v) is 7.40. The van der Waals surface area contributed by atoms with E-state index in [0.717, 1.165) is 5.56 Å². The molecule has 0 saturated carbocycles. The zero-order valence-corrected chi connectivity index (χ0v) is 13.5. The fourth-order valence-electron chi connectivity index (χ4n) is 2.89. The first-order chi connectivity index (χ1) is 10.3. The zero-order valence-electron chi connectivity index (χ0n) is 12.7. The van der Waals surface area contributed by atoms with Crippen LogP contribution in [0, 0.1) is 20.8 Å². The molecule has 3 rings (SSSR count). The number of sulfonamides is 1. The number of rotatable bonds is 2. The van der Waals surface area contributed by atoms with Crippen molar-refractivity contribution in [2.45, 2.75) is 38.2 Å². The van der Waals surface area contributed by atoms with Crippen LogP contribution in [0.2, 0.25) is 0 Å². The minimum Gasteiger partial charge on any atom is -0.388 e. The molecule has 2 aromatic rings. The van der Waals surface area contributed by atoms with E-state index >= 15 is 0 Å². The van der Waals surface area contributed by atoms with Gasteiger partial charge in [-0.3, -0.25) is 4.31 Å². The maximum absolute atomic E-state index is 13.0. The molecule has 7 heteroatoms. The zero-order chi connectivity index (χ0) is 16.1. The highest BCUT2D eigenvalue weighted by Gasteiger charge is 2.36. The van der Waals surface area contributed by atoms with Crippen molar-refractivity contribution in [1.82, 2.24) is 5.16 Å². The van der Waals surface area contributed by atoms with E-state index < -0.39 is 16.1 Å². The highest BCUT2D eigenvalue weighted by Crippen LogP contribution is 2.38. The monoisotopic (exact) mass is 322 g/mol. The van der Waals surface area contributed by atoms with E-state index in [-0.39, 0.29) is 17.2 Å². The standard InChI is InChI=1S/C15H18N2O4S/c1-9-4-5-13-12(8-9)14(18)6-7-17(13)22(19,20)15-10(2)16-21-11(15)3/h4-5,8,14,18H,6-7H2,1-3H3. The minimum absolute atomic E-state index is 0.107. The number of aliphatic hydroxyl groups is 1. The van der Waals surface area contributed by atoms with Gasteiger partial charge in [0.2, 0.25) is 0 Å². The van der Waals surface area contributed by atoms with Gasteiger partial charge in [0.05, 0.1) is 11.8 Å². The lowest BCUT2D eigenvalue weighted by atomic mass is 9.99. The normalized spacial score (nSPS) is 18.4. The lowest BCUT2D eigenvalue weighted by Crippen LogP contribution is -2.37. The lowest BCUT2D eigenvalue weighted by molar-refractivity contribution is 0.166. The molecule has 2 heterocycles. The Balaban J connectivity index is 2.16. The molecular weight excluding hydrogens is 304 g/mol. The van der Waals surface area contributed by atoms with Crippen LogP contribution in [0.1, 0.15) is 35.1 Å². The Labute approximate surface area is 129 Å². The fraction of sp³-hybridized carbons (Fsp3) is 0.400. The molecule has 0 radical (unpaired) electrons. The quantitative estimate of drug-likeness (QED) is 0.916. The molecular formula is C15H18N2O4S. The van der Waals surface area contributed by atoms with Crippen LogP contribution >= 0.6 is 0 Å². The summed E-state index contributed by atoms with van der Waals surface area (Å²) in [6.45, 7) is 5.33. The lowest BCUT2D eigenvalue weighted by Gasteiger charge is -2.33. The van der Waals surface area contributed by atoms with Crippen LogP contribution in [-0.2, 0) is 10.0 Å². The second kappa shape index (κ2) is 5.10. The molecule has 0 spiro atoms. The third-order valence-corrected chi connectivity index (χ3v) is 5.99. The van der Waals surface area contributed by atoms with Crippen molar-refractivity contribution < 1.29 is 18.0 Å². The van der Waals surface area contributed by atoms with Gasteiger partial charge in [0.1, 0.15) is 5.69 Å². The van der Waals surface area contributed by atoms with Gasteiger partial charge in [-0.25, -0.2) is 8.42 Å². The van der Waals surface area contributed by atoms with E-state index in [0.29, 0.717) is 23.4 Å². The van der Waals surface area contributed by atoms with Crippen LogP contribution in [-0.4, -0.2) is 25.2 Å². The molecule has 1 aliphatic heterocycles. The van der Waals surface area contributed by atoms with E-state index in [1.54, 1.807) is 19.9 Å². The first-order valence-electron chi connectivity index (χ1n) is 7.06. The van der Waals surface area contributed by atoms with Crippen molar-refractivity contribution in [3.05, 3.63) is 40.8 Å². The molecule has 0 bridgehead atoms. The van der Waals surface area contributed by atoms with Crippen LogP contribution in [0.4, 0.5) is 5.69 Å². The number of nitrogens with zero attached hydrogens (tertiary/aromatic N) is 2. The van der Waals surface area contributed by atoms with Crippen molar-refractivity contribution in [1.29, 1.82) is 0 Å². The van der Waals surface area contributed by atoms with Gasteiger partial charge in [-0.1, -0.05) is 22.9 Å². The van der Waals surface area contributed by atoms with E-state index in [2.05, 4.69) is 5.16 Å². The third kappa shape index (κ3) is 2.21. The van der Waals surface area contributed by atoms with E-state index in [1.807, 2.05) is 19.1 Å². The Morgan fingerprint density at radius 3 is 2.68 bits per heavy atom. The highest BCUT2D eigenvalue weighted by atomic mass is 32.2. The first-order valence-corrected chi connectivity index (χ1v) is 8.50. The number of anilines is 1. The summed E-state index contributed by atoms with van der Waals surface area (Å²) in [4.78, 5) is 0.107. The molecule has 1 unspecified atom stereocenters. The largest absolute Gasteiger partial charge is 0.388 e. The number of fused-ring (bicyclic) bond motifs is 1. The number of aliphatic hydroxyl groups excluding tert-OH is 1. The molecule has 1 aromatic heterocycles. The number of hydrogen-bond donors (Lipinski definition) is 1. The number of hydrogen-bond acceptors (Lipinski definition) is 5. The molecule has 1 atom stereocenters. The minimum atomic E-state index is -3.76. The maximum atomic E-state index is 13.0. The number of benzene rings is 1. The Kier molecular flexibility index (Phi) is 3.49. The van der Waals surface area contributed by atoms with Gasteiger partial charge in [-0.15, -0.1) is 0 Å². The summed E-state index contributed by atoms with van der Waals surface area (Å²) in [7, 11) is -3.76. The topological polar surface area (TPSA) is 83.6 Å². The van der Waals surface area contributed by atoms with Crippen molar-refractivity contribution in [3.8, 4) is 0 Å². The molecule has 118 valence electrons. The van der Waals surface area contributed by atoms with E-state index in [1.165, 1.54) is 4.31 Å². The van der Waals surface area contributed by atoms with Crippen molar-refractivity contribution >= 4 is 15.7 Å². The maximum Gasteiger partial charge on any atom is 0.269 e. The van der Waals surface area contributed by atoms with Gasteiger partial charge >= 0.3 is 0 Å². The first kappa shape index (κ1) is 15.1. The molecule has 1 N–H and O–H groups in total. The Morgan fingerprint density at radius 2 is 2.05 bits per heavy atom. The molecule has 1 aromatic carbocycles. The van der Waals surface area contributed by atoms with Gasteiger partial charge in [-0.05, 0) is 33.3 Å². The summed E-state index contributed by atoms with van der Waals surface area (Å²) < 4.78 is 32.3. The van der Waals surface area contributed by atoms with Crippen molar-refractivity contribution in [2.24, 2.45) is 0 Å². The molecule has 0 amide bonds. The van der Waals surface area contributed by atoms with E-state index in [9.17, 15) is 13.5 Å². The summed E-state index contributed by atoms with van der Waals surface area (Å²) >= 11 is 0. The van der Waals surface area contributed by atoms with Crippen LogP contribution in [0.3, 0.4) is 0 Å². The Morgan fingerprint density at radius 1 is 1.32 bits per heavy atom. The Bertz CT molecular complexity index is 807. The Hall–Kier alpha value is -1.86. The predicted octanol–water partition coefficient (Wildman–Crippen LogP) is 2.23. The van der Waals surface area contributed by atoms with Crippen LogP contribution < -0.4 is 4.31 Å². The molecule has 0 aliphatic carbocycles. The van der Waals surface area contributed by atoms with Gasteiger partial charge < -0.3 is 9.63 Å². The number of aromatic nitrogens is 1. The highest BCUT2D eigenvalue weighted by molar-refractivity contribution is 7.93. The SMILES string of the molecule is Cc1ccc2c(c1)C(O)CCN2S(=O)(=O)c1c(C)noc1C. The average Bonchev–Trinajstić information content (AvgIpc) is 2.79. The number of aryl methyl sites for hydroxylation is 3. The summed E-state index contributed by atoms with van der Waals surface area (Å²) in [6, 6.07) is 5.41. The van der Waals surface area contributed by atoms with Gasteiger partial charge in [0.25, 0.3) is 10.0 Å². The molecule has 0 fully saturated rings. The van der Waals surface area contributed by atoms with Gasteiger partial charge in [0, 0.05) is 12.1 Å².